The predicted molar refractivity (Wildman–Crippen MR) is 112 cm³/mol. The lowest BCUT2D eigenvalue weighted by Crippen LogP contribution is -2.36. The van der Waals surface area contributed by atoms with E-state index in [-0.39, 0.29) is 5.91 Å². The molecular weight excluding hydrogens is 378 g/mol. The van der Waals surface area contributed by atoms with Gasteiger partial charge in [-0.05, 0) is 29.7 Å². The first-order valence-corrected chi connectivity index (χ1v) is 10.3. The van der Waals surface area contributed by atoms with Crippen molar-refractivity contribution in [3.63, 3.8) is 0 Å². The second kappa shape index (κ2) is 7.91. The van der Waals surface area contributed by atoms with Crippen molar-refractivity contribution in [1.82, 2.24) is 24.6 Å². The lowest BCUT2D eigenvalue weighted by Gasteiger charge is -2.28. The molecule has 0 bridgehead atoms. The molecule has 0 saturated heterocycles. The molecule has 0 N–H and O–H groups in total. The molecule has 0 radical (unpaired) electrons. The van der Waals surface area contributed by atoms with Crippen molar-refractivity contribution < 1.29 is 9.53 Å². The van der Waals surface area contributed by atoms with Crippen LogP contribution in [0.4, 0.5) is 0 Å². The molecule has 2 aromatic heterocycles. The van der Waals surface area contributed by atoms with E-state index in [1.165, 1.54) is 11.1 Å². The molecule has 0 fully saturated rings. The van der Waals surface area contributed by atoms with Crippen molar-refractivity contribution in [2.45, 2.75) is 32.6 Å². The molecule has 0 aliphatic carbocycles. The van der Waals surface area contributed by atoms with E-state index in [1.54, 1.807) is 7.11 Å². The first kappa shape index (κ1) is 18.8. The van der Waals surface area contributed by atoms with Gasteiger partial charge in [-0.2, -0.15) is 5.10 Å². The molecule has 5 rings (SSSR count). The van der Waals surface area contributed by atoms with Gasteiger partial charge in [-0.25, -0.2) is 4.98 Å². The van der Waals surface area contributed by atoms with Gasteiger partial charge in [-0.15, -0.1) is 0 Å². The van der Waals surface area contributed by atoms with Crippen LogP contribution in [-0.2, 0) is 32.6 Å². The SMILES string of the molecule is COc1cccc(CN2CCn3nc(C(=O)N4CCc5ccccc5C4)cc3C2)n1. The number of carbonyl (C=O) groups is 1. The number of methoxy groups -OCH3 is 1. The molecule has 1 amide bonds. The number of ether oxygens (including phenoxy) is 1. The Bertz CT molecular complexity index is 1080. The summed E-state index contributed by atoms with van der Waals surface area (Å²) < 4.78 is 7.20. The van der Waals surface area contributed by atoms with E-state index in [4.69, 9.17) is 4.74 Å². The summed E-state index contributed by atoms with van der Waals surface area (Å²) in [7, 11) is 1.63. The molecule has 2 aliphatic heterocycles. The zero-order valence-electron chi connectivity index (χ0n) is 17.1. The standard InChI is InChI=1S/C23H25N5O2/c1-30-22-8-4-7-19(24-22)15-26-11-12-28-20(16-26)13-21(25-28)23(29)27-10-9-17-5-2-3-6-18(17)14-27/h2-8,13H,9-12,14-16H2,1H3. The molecule has 0 atom stereocenters. The van der Waals surface area contributed by atoms with Gasteiger partial charge in [0.1, 0.15) is 0 Å². The number of hydrogen-bond donors (Lipinski definition) is 0. The molecule has 7 nitrogen and oxygen atoms in total. The third-order valence-corrected chi connectivity index (χ3v) is 5.89. The molecule has 3 aromatic rings. The van der Waals surface area contributed by atoms with Crippen LogP contribution in [0.5, 0.6) is 5.88 Å². The Hall–Kier alpha value is -3.19. The first-order chi connectivity index (χ1) is 14.7. The minimum Gasteiger partial charge on any atom is -0.481 e. The Balaban J connectivity index is 1.27. The summed E-state index contributed by atoms with van der Waals surface area (Å²) in [6, 6.07) is 16.1. The zero-order valence-corrected chi connectivity index (χ0v) is 17.1. The van der Waals surface area contributed by atoms with Crippen LogP contribution >= 0.6 is 0 Å². The molecule has 4 heterocycles. The largest absolute Gasteiger partial charge is 0.481 e. The Morgan fingerprint density at radius 2 is 1.90 bits per heavy atom. The van der Waals surface area contributed by atoms with Crippen LogP contribution in [0.3, 0.4) is 0 Å². The Morgan fingerprint density at radius 3 is 2.77 bits per heavy atom. The highest BCUT2D eigenvalue weighted by atomic mass is 16.5. The number of amides is 1. The fraction of sp³-hybridized carbons (Fsp3) is 0.348. The molecule has 0 spiro atoms. The molecule has 30 heavy (non-hydrogen) atoms. The maximum atomic E-state index is 13.1. The Kier molecular flexibility index (Phi) is 4.96. The monoisotopic (exact) mass is 403 g/mol. The number of aromatic nitrogens is 3. The maximum absolute atomic E-state index is 13.1. The summed E-state index contributed by atoms with van der Waals surface area (Å²) in [4.78, 5) is 21.8. The maximum Gasteiger partial charge on any atom is 0.274 e. The number of benzene rings is 1. The number of pyridine rings is 1. The van der Waals surface area contributed by atoms with Crippen LogP contribution in [0.2, 0.25) is 0 Å². The topological polar surface area (TPSA) is 63.5 Å². The van der Waals surface area contributed by atoms with Crippen molar-refractivity contribution in [2.24, 2.45) is 0 Å². The number of nitrogens with zero attached hydrogens (tertiary/aromatic N) is 5. The summed E-state index contributed by atoms with van der Waals surface area (Å²) in [6.45, 7) is 4.54. The van der Waals surface area contributed by atoms with Crippen molar-refractivity contribution in [3.8, 4) is 5.88 Å². The third-order valence-electron chi connectivity index (χ3n) is 5.89. The normalized spacial score (nSPS) is 16.1. The lowest BCUT2D eigenvalue weighted by atomic mass is 10.00. The molecule has 2 aliphatic rings. The average molecular weight is 403 g/mol. The van der Waals surface area contributed by atoms with Crippen LogP contribution < -0.4 is 4.74 Å². The van der Waals surface area contributed by atoms with Crippen LogP contribution in [0.1, 0.15) is 33.0 Å². The predicted octanol–water partition coefficient (Wildman–Crippen LogP) is 2.50. The molecule has 154 valence electrons. The van der Waals surface area contributed by atoms with E-state index in [1.807, 2.05) is 39.9 Å². The zero-order chi connectivity index (χ0) is 20.5. The Morgan fingerprint density at radius 1 is 1.03 bits per heavy atom. The van der Waals surface area contributed by atoms with Crippen LogP contribution in [0, 0.1) is 0 Å². The second-order valence-electron chi connectivity index (χ2n) is 7.87. The first-order valence-electron chi connectivity index (χ1n) is 10.3. The summed E-state index contributed by atoms with van der Waals surface area (Å²) >= 11 is 0. The lowest BCUT2D eigenvalue weighted by molar-refractivity contribution is 0.0727. The number of fused-ring (bicyclic) bond motifs is 2. The van der Waals surface area contributed by atoms with Gasteiger partial charge < -0.3 is 9.64 Å². The van der Waals surface area contributed by atoms with Crippen LogP contribution in [-0.4, -0.2) is 50.7 Å². The van der Waals surface area contributed by atoms with E-state index in [0.717, 1.165) is 50.5 Å². The van der Waals surface area contributed by atoms with E-state index in [0.29, 0.717) is 18.1 Å². The second-order valence-corrected chi connectivity index (χ2v) is 7.87. The van der Waals surface area contributed by atoms with Gasteiger partial charge >= 0.3 is 0 Å². The number of rotatable bonds is 4. The summed E-state index contributed by atoms with van der Waals surface area (Å²) in [5.41, 5.74) is 5.17. The molecular formula is C23H25N5O2. The van der Waals surface area contributed by atoms with Gasteiger partial charge in [-0.3, -0.25) is 14.4 Å². The quantitative estimate of drug-likeness (QED) is 0.670. The van der Waals surface area contributed by atoms with E-state index in [2.05, 4.69) is 33.2 Å². The van der Waals surface area contributed by atoms with E-state index in [9.17, 15) is 4.79 Å². The fourth-order valence-corrected chi connectivity index (χ4v) is 4.28. The van der Waals surface area contributed by atoms with Crippen LogP contribution in [0.15, 0.2) is 48.5 Å². The van der Waals surface area contributed by atoms with Crippen molar-refractivity contribution in [2.75, 3.05) is 20.2 Å². The van der Waals surface area contributed by atoms with E-state index < -0.39 is 0 Å². The van der Waals surface area contributed by atoms with Gasteiger partial charge in [0.2, 0.25) is 5.88 Å². The minimum absolute atomic E-state index is 0.0208. The fourth-order valence-electron chi connectivity index (χ4n) is 4.28. The number of carbonyl (C=O) groups excluding carboxylic acids is 1. The molecule has 0 saturated carbocycles. The Labute approximate surface area is 175 Å². The average Bonchev–Trinajstić information content (AvgIpc) is 3.22. The summed E-state index contributed by atoms with van der Waals surface area (Å²) in [5, 5.41) is 4.61. The van der Waals surface area contributed by atoms with E-state index >= 15 is 0 Å². The molecule has 1 aromatic carbocycles. The molecule has 0 unspecified atom stereocenters. The van der Waals surface area contributed by atoms with Crippen molar-refractivity contribution in [3.05, 3.63) is 76.7 Å². The van der Waals surface area contributed by atoms with Gasteiger partial charge in [0.15, 0.2) is 5.69 Å². The highest BCUT2D eigenvalue weighted by Gasteiger charge is 2.26. The highest BCUT2D eigenvalue weighted by Crippen LogP contribution is 2.22. The highest BCUT2D eigenvalue weighted by molar-refractivity contribution is 5.92. The summed E-state index contributed by atoms with van der Waals surface area (Å²) in [6.07, 6.45) is 0.900. The van der Waals surface area contributed by atoms with Crippen LogP contribution in [0.25, 0.3) is 0 Å². The van der Waals surface area contributed by atoms with Gasteiger partial charge in [0, 0.05) is 38.8 Å². The van der Waals surface area contributed by atoms with Crippen molar-refractivity contribution in [1.29, 1.82) is 0 Å². The summed E-state index contributed by atoms with van der Waals surface area (Å²) in [5.74, 6) is 0.651. The van der Waals surface area contributed by atoms with Gasteiger partial charge in [0.25, 0.3) is 5.91 Å². The molecule has 7 heteroatoms. The van der Waals surface area contributed by atoms with Gasteiger partial charge in [-0.1, -0.05) is 30.3 Å². The smallest absolute Gasteiger partial charge is 0.274 e. The van der Waals surface area contributed by atoms with Gasteiger partial charge in [0.05, 0.1) is 25.0 Å². The van der Waals surface area contributed by atoms with Crippen molar-refractivity contribution >= 4 is 5.91 Å². The minimum atomic E-state index is 0.0208. The third kappa shape index (κ3) is 3.68. The number of hydrogen-bond acceptors (Lipinski definition) is 5.